The van der Waals surface area contributed by atoms with Crippen LogP contribution in [-0.2, 0) is 4.74 Å². The van der Waals surface area contributed by atoms with Crippen molar-refractivity contribution in [3.05, 3.63) is 76.4 Å². The fraction of sp³-hybridized carbons (Fsp3) is 0.200. The fourth-order valence-electron chi connectivity index (χ4n) is 3.12. The number of hydrogen-bond acceptors (Lipinski definition) is 8. The lowest BCUT2D eigenvalue weighted by Crippen LogP contribution is -2.20. The number of nitrogens with two attached hydrogens (primary N) is 1. The van der Waals surface area contributed by atoms with E-state index in [9.17, 15) is 14.4 Å². The van der Waals surface area contributed by atoms with Crippen molar-refractivity contribution < 1.29 is 23.9 Å². The molecular formula is C25H25ClN4O5S. The van der Waals surface area contributed by atoms with Gasteiger partial charge in [-0.05, 0) is 67.8 Å². The minimum Gasteiger partial charge on any atom is -0.493 e. The first-order chi connectivity index (χ1) is 17.4. The third kappa shape index (κ3) is 6.97. The largest absolute Gasteiger partial charge is 0.493 e. The van der Waals surface area contributed by atoms with E-state index in [1.54, 1.807) is 30.3 Å². The summed E-state index contributed by atoms with van der Waals surface area (Å²) in [6.07, 6.45) is 3.93. The van der Waals surface area contributed by atoms with Gasteiger partial charge in [-0.2, -0.15) is 0 Å². The Morgan fingerprint density at radius 2 is 1.78 bits per heavy atom. The number of halogens is 1. The number of amides is 2. The van der Waals surface area contributed by atoms with Crippen molar-refractivity contribution in [3.63, 3.8) is 0 Å². The standard InChI is InChI=1S/C25H25ClN4O5S/c1-34-25(33)15-4-7-18(23(31)30-22-9-5-16(26)14-28-22)20(12-15)29-24(32)19-8-6-17(36-2)13-21(19)35-11-3-10-27/h4-9,12-14H,3,10-11,27H2,1-2H3,(H,29,32)(H,28,30,31). The monoisotopic (exact) mass is 528 g/mol. The topological polar surface area (TPSA) is 133 Å². The molecule has 0 radical (unpaired) electrons. The van der Waals surface area contributed by atoms with Gasteiger partial charge in [0.1, 0.15) is 11.6 Å². The summed E-state index contributed by atoms with van der Waals surface area (Å²) in [7, 11) is 1.24. The molecule has 1 heterocycles. The average molecular weight is 529 g/mol. The molecule has 0 aliphatic heterocycles. The number of thioether (sulfide) groups is 1. The van der Waals surface area contributed by atoms with Gasteiger partial charge in [-0.3, -0.25) is 9.59 Å². The van der Waals surface area contributed by atoms with E-state index in [0.29, 0.717) is 30.3 Å². The summed E-state index contributed by atoms with van der Waals surface area (Å²) in [5, 5.41) is 5.79. The van der Waals surface area contributed by atoms with E-state index in [1.165, 1.54) is 43.3 Å². The van der Waals surface area contributed by atoms with Gasteiger partial charge in [-0.15, -0.1) is 11.8 Å². The maximum Gasteiger partial charge on any atom is 0.337 e. The van der Waals surface area contributed by atoms with E-state index in [1.807, 2.05) is 6.26 Å². The molecule has 3 aromatic rings. The third-order valence-corrected chi connectivity index (χ3v) is 5.89. The van der Waals surface area contributed by atoms with Crippen molar-refractivity contribution in [1.29, 1.82) is 0 Å². The zero-order valence-corrected chi connectivity index (χ0v) is 21.2. The number of ether oxygens (including phenoxy) is 2. The van der Waals surface area contributed by atoms with Crippen molar-refractivity contribution in [2.24, 2.45) is 5.73 Å². The number of rotatable bonds is 10. The van der Waals surface area contributed by atoms with Crippen molar-refractivity contribution in [3.8, 4) is 5.75 Å². The SMILES string of the molecule is COC(=O)c1ccc(C(=O)Nc2ccc(Cl)cn2)c(NC(=O)c2ccc(SC)cc2OCCCN)c1. The Kier molecular flexibility index (Phi) is 9.69. The highest BCUT2D eigenvalue weighted by Gasteiger charge is 2.20. The second-order valence-corrected chi connectivity index (χ2v) is 8.69. The van der Waals surface area contributed by atoms with E-state index in [-0.39, 0.29) is 28.2 Å². The van der Waals surface area contributed by atoms with Gasteiger partial charge in [0.05, 0.1) is 41.1 Å². The maximum atomic E-state index is 13.3. The van der Waals surface area contributed by atoms with Crippen LogP contribution >= 0.6 is 23.4 Å². The number of anilines is 2. The molecule has 9 nitrogen and oxygen atoms in total. The molecule has 0 saturated carbocycles. The molecule has 2 aromatic carbocycles. The van der Waals surface area contributed by atoms with Crippen LogP contribution in [0.3, 0.4) is 0 Å². The van der Waals surface area contributed by atoms with Gasteiger partial charge in [0.2, 0.25) is 0 Å². The van der Waals surface area contributed by atoms with Crippen LogP contribution in [0, 0.1) is 0 Å². The third-order valence-electron chi connectivity index (χ3n) is 4.94. The molecule has 11 heteroatoms. The number of aromatic nitrogens is 1. The highest BCUT2D eigenvalue weighted by Crippen LogP contribution is 2.28. The summed E-state index contributed by atoms with van der Waals surface area (Å²) >= 11 is 7.36. The molecule has 0 saturated heterocycles. The zero-order valence-electron chi connectivity index (χ0n) is 19.7. The Bertz CT molecular complexity index is 1250. The molecule has 2 amide bonds. The Hall–Kier alpha value is -3.60. The van der Waals surface area contributed by atoms with Crippen LogP contribution in [-0.4, -0.2) is 49.3 Å². The molecule has 3 rings (SSSR count). The van der Waals surface area contributed by atoms with Gasteiger partial charge in [-0.25, -0.2) is 9.78 Å². The number of esters is 1. The molecule has 0 bridgehead atoms. The van der Waals surface area contributed by atoms with Crippen LogP contribution in [0.2, 0.25) is 5.02 Å². The summed E-state index contributed by atoms with van der Waals surface area (Å²) in [6, 6.07) is 12.5. The van der Waals surface area contributed by atoms with Crippen LogP contribution in [0.25, 0.3) is 0 Å². The fourth-order valence-corrected chi connectivity index (χ4v) is 3.66. The molecular weight excluding hydrogens is 504 g/mol. The Labute approximate surface area is 217 Å². The molecule has 0 spiro atoms. The van der Waals surface area contributed by atoms with Crippen molar-refractivity contribution in [1.82, 2.24) is 4.98 Å². The molecule has 0 unspecified atom stereocenters. The highest BCUT2D eigenvalue weighted by molar-refractivity contribution is 7.98. The molecule has 36 heavy (non-hydrogen) atoms. The molecule has 1 aromatic heterocycles. The summed E-state index contributed by atoms with van der Waals surface area (Å²) in [6.45, 7) is 0.791. The lowest BCUT2D eigenvalue weighted by Gasteiger charge is -2.15. The first kappa shape index (κ1) is 27.0. The molecule has 4 N–H and O–H groups in total. The molecule has 188 valence electrons. The Morgan fingerprint density at radius 3 is 2.44 bits per heavy atom. The van der Waals surface area contributed by atoms with Crippen LogP contribution in [0.5, 0.6) is 5.75 Å². The number of carbonyl (C=O) groups is 3. The molecule has 0 aliphatic carbocycles. The minimum absolute atomic E-state index is 0.108. The van der Waals surface area contributed by atoms with Gasteiger partial charge < -0.3 is 25.8 Å². The molecule has 0 atom stereocenters. The number of hydrogen-bond donors (Lipinski definition) is 3. The summed E-state index contributed by atoms with van der Waals surface area (Å²) in [4.78, 5) is 43.4. The smallest absolute Gasteiger partial charge is 0.337 e. The van der Waals surface area contributed by atoms with E-state index in [2.05, 4.69) is 15.6 Å². The van der Waals surface area contributed by atoms with Crippen LogP contribution < -0.4 is 21.1 Å². The summed E-state index contributed by atoms with van der Waals surface area (Å²) in [5.74, 6) is -1.04. The van der Waals surface area contributed by atoms with Gasteiger partial charge in [0.25, 0.3) is 11.8 Å². The van der Waals surface area contributed by atoms with Gasteiger partial charge >= 0.3 is 5.97 Å². The van der Waals surface area contributed by atoms with E-state index < -0.39 is 17.8 Å². The predicted molar refractivity (Wildman–Crippen MR) is 140 cm³/mol. The number of benzene rings is 2. The Balaban J connectivity index is 1.94. The zero-order chi connectivity index (χ0) is 26.1. The second-order valence-electron chi connectivity index (χ2n) is 7.37. The normalized spacial score (nSPS) is 10.4. The highest BCUT2D eigenvalue weighted by atomic mass is 35.5. The second kappa shape index (κ2) is 12.9. The Morgan fingerprint density at radius 1 is 1.03 bits per heavy atom. The van der Waals surface area contributed by atoms with E-state index in [4.69, 9.17) is 26.8 Å². The number of carbonyl (C=O) groups excluding carboxylic acids is 3. The number of pyridine rings is 1. The lowest BCUT2D eigenvalue weighted by atomic mass is 10.1. The first-order valence-corrected chi connectivity index (χ1v) is 12.4. The van der Waals surface area contributed by atoms with Gasteiger partial charge in [-0.1, -0.05) is 11.6 Å². The maximum absolute atomic E-state index is 13.3. The van der Waals surface area contributed by atoms with Gasteiger partial charge in [0.15, 0.2) is 0 Å². The van der Waals surface area contributed by atoms with Crippen LogP contribution in [0.1, 0.15) is 37.5 Å². The van der Waals surface area contributed by atoms with E-state index >= 15 is 0 Å². The van der Waals surface area contributed by atoms with Crippen molar-refractivity contribution in [2.75, 3.05) is 37.2 Å². The lowest BCUT2D eigenvalue weighted by molar-refractivity contribution is 0.0600. The minimum atomic E-state index is -0.619. The number of nitrogens with zero attached hydrogens (tertiary/aromatic N) is 1. The molecule has 0 aliphatic rings. The summed E-state index contributed by atoms with van der Waals surface area (Å²) < 4.78 is 10.6. The average Bonchev–Trinajstić information content (AvgIpc) is 2.89. The molecule has 0 fully saturated rings. The number of methoxy groups -OCH3 is 1. The van der Waals surface area contributed by atoms with Crippen LogP contribution in [0.4, 0.5) is 11.5 Å². The predicted octanol–water partition coefficient (Wildman–Crippen LogP) is 4.48. The quantitative estimate of drug-likeness (QED) is 0.199. The van der Waals surface area contributed by atoms with E-state index in [0.717, 1.165) is 4.90 Å². The summed E-state index contributed by atoms with van der Waals surface area (Å²) in [5.41, 5.74) is 6.20. The first-order valence-electron chi connectivity index (χ1n) is 10.8. The van der Waals surface area contributed by atoms with Crippen molar-refractivity contribution in [2.45, 2.75) is 11.3 Å². The van der Waals surface area contributed by atoms with Crippen LogP contribution in [0.15, 0.2) is 59.6 Å². The number of nitrogens with one attached hydrogen (secondary N) is 2. The van der Waals surface area contributed by atoms with Gasteiger partial charge in [0, 0.05) is 11.1 Å². The van der Waals surface area contributed by atoms with Crippen molar-refractivity contribution >= 4 is 52.7 Å².